The molecule has 1 aromatic carbocycles. The number of ether oxygens (including phenoxy) is 2. The van der Waals surface area contributed by atoms with E-state index in [1.165, 1.54) is 0 Å². The van der Waals surface area contributed by atoms with E-state index in [-0.39, 0.29) is 18.3 Å². The fourth-order valence-electron chi connectivity index (χ4n) is 2.10. The fourth-order valence-corrected chi connectivity index (χ4v) is 2.10. The summed E-state index contributed by atoms with van der Waals surface area (Å²) < 4.78 is 11.0. The molecule has 6 heteroatoms. The van der Waals surface area contributed by atoms with Gasteiger partial charge >= 0.3 is 0 Å². The van der Waals surface area contributed by atoms with Crippen LogP contribution in [0.5, 0.6) is 11.5 Å². The maximum Gasteiger partial charge on any atom is 0.220 e. The number of amides is 1. The zero-order chi connectivity index (χ0) is 14.2. The van der Waals surface area contributed by atoms with Crippen LogP contribution in [0.2, 0.25) is 0 Å². The highest BCUT2D eigenvalue weighted by Crippen LogP contribution is 2.30. The molecule has 21 heavy (non-hydrogen) atoms. The first-order valence-electron chi connectivity index (χ1n) is 7.09. The molecule has 1 aliphatic heterocycles. The first kappa shape index (κ1) is 17.6. The SMILES string of the molecule is CNCCCC(=O)NCCc1ccc2c(c1)OCCO2.Cl. The van der Waals surface area contributed by atoms with E-state index in [2.05, 4.69) is 10.6 Å². The maximum atomic E-state index is 11.6. The van der Waals surface area contributed by atoms with E-state index in [4.69, 9.17) is 9.47 Å². The molecule has 0 radical (unpaired) electrons. The minimum absolute atomic E-state index is 0. The third-order valence-corrected chi connectivity index (χ3v) is 3.17. The normalized spacial score (nSPS) is 12.4. The topological polar surface area (TPSA) is 59.6 Å². The smallest absolute Gasteiger partial charge is 0.220 e. The summed E-state index contributed by atoms with van der Waals surface area (Å²) in [5, 5.41) is 5.96. The second kappa shape index (κ2) is 9.47. The van der Waals surface area contributed by atoms with Crippen LogP contribution in [0.1, 0.15) is 18.4 Å². The maximum absolute atomic E-state index is 11.6. The Morgan fingerprint density at radius 3 is 2.71 bits per heavy atom. The molecule has 2 rings (SSSR count). The Hall–Kier alpha value is -1.46. The van der Waals surface area contributed by atoms with E-state index in [0.29, 0.717) is 26.2 Å². The van der Waals surface area contributed by atoms with E-state index in [0.717, 1.165) is 36.4 Å². The van der Waals surface area contributed by atoms with Crippen molar-refractivity contribution in [1.82, 2.24) is 10.6 Å². The largest absolute Gasteiger partial charge is 0.486 e. The lowest BCUT2D eigenvalue weighted by Crippen LogP contribution is -2.26. The summed E-state index contributed by atoms with van der Waals surface area (Å²) in [7, 11) is 1.89. The van der Waals surface area contributed by atoms with Crippen molar-refractivity contribution in [2.24, 2.45) is 0 Å². The lowest BCUT2D eigenvalue weighted by Gasteiger charge is -2.18. The van der Waals surface area contributed by atoms with Crippen LogP contribution in [-0.4, -0.2) is 39.3 Å². The summed E-state index contributed by atoms with van der Waals surface area (Å²) in [5.41, 5.74) is 1.14. The molecular weight excluding hydrogens is 292 g/mol. The Labute approximate surface area is 131 Å². The number of hydrogen-bond donors (Lipinski definition) is 2. The van der Waals surface area contributed by atoms with Crippen LogP contribution in [0, 0.1) is 0 Å². The molecule has 0 aliphatic carbocycles. The van der Waals surface area contributed by atoms with Crippen LogP contribution in [-0.2, 0) is 11.2 Å². The molecule has 0 saturated carbocycles. The lowest BCUT2D eigenvalue weighted by atomic mass is 10.1. The van der Waals surface area contributed by atoms with Crippen molar-refractivity contribution in [3.05, 3.63) is 23.8 Å². The fraction of sp³-hybridized carbons (Fsp3) is 0.533. The van der Waals surface area contributed by atoms with Crippen molar-refractivity contribution in [2.75, 3.05) is 33.4 Å². The number of halogens is 1. The summed E-state index contributed by atoms with van der Waals surface area (Å²) in [6, 6.07) is 5.93. The Morgan fingerprint density at radius 1 is 1.19 bits per heavy atom. The first-order valence-corrected chi connectivity index (χ1v) is 7.09. The van der Waals surface area contributed by atoms with Crippen molar-refractivity contribution in [3.63, 3.8) is 0 Å². The molecule has 1 aromatic rings. The van der Waals surface area contributed by atoms with Crippen LogP contribution in [0.3, 0.4) is 0 Å². The van der Waals surface area contributed by atoms with Crippen LogP contribution in [0.25, 0.3) is 0 Å². The minimum Gasteiger partial charge on any atom is -0.486 e. The summed E-state index contributed by atoms with van der Waals surface area (Å²) in [6.07, 6.45) is 2.24. The van der Waals surface area contributed by atoms with E-state index < -0.39 is 0 Å². The average Bonchev–Trinajstić information content (AvgIpc) is 2.47. The van der Waals surface area contributed by atoms with E-state index in [9.17, 15) is 4.79 Å². The first-order chi connectivity index (χ1) is 9.79. The number of hydrogen-bond acceptors (Lipinski definition) is 4. The molecule has 0 saturated heterocycles. The van der Waals surface area contributed by atoms with Gasteiger partial charge in [0.2, 0.25) is 5.91 Å². The van der Waals surface area contributed by atoms with Crippen molar-refractivity contribution in [3.8, 4) is 11.5 Å². The number of benzene rings is 1. The second-order valence-electron chi connectivity index (χ2n) is 4.79. The molecule has 1 amide bonds. The van der Waals surface area contributed by atoms with Crippen molar-refractivity contribution in [1.29, 1.82) is 0 Å². The minimum atomic E-state index is 0. The van der Waals surface area contributed by atoms with Gasteiger partial charge in [0.15, 0.2) is 11.5 Å². The number of carbonyl (C=O) groups excluding carboxylic acids is 1. The standard InChI is InChI=1S/C15H22N2O3.ClH/c1-16-7-2-3-15(18)17-8-6-12-4-5-13-14(11-12)20-10-9-19-13;/h4-5,11,16H,2-3,6-10H2,1H3,(H,17,18);1H. The summed E-state index contributed by atoms with van der Waals surface area (Å²) >= 11 is 0. The highest BCUT2D eigenvalue weighted by atomic mass is 35.5. The average molecular weight is 315 g/mol. The van der Waals surface area contributed by atoms with Crippen molar-refractivity contribution < 1.29 is 14.3 Å². The summed E-state index contributed by atoms with van der Waals surface area (Å²) in [6.45, 7) is 2.72. The van der Waals surface area contributed by atoms with Crippen LogP contribution < -0.4 is 20.1 Å². The summed E-state index contributed by atoms with van der Waals surface area (Å²) in [5.74, 6) is 1.71. The van der Waals surface area contributed by atoms with Gasteiger partial charge in [0.05, 0.1) is 0 Å². The third kappa shape index (κ3) is 5.81. The molecule has 5 nitrogen and oxygen atoms in total. The van der Waals surface area contributed by atoms with Gasteiger partial charge in [-0.05, 0) is 44.1 Å². The van der Waals surface area contributed by atoms with Crippen molar-refractivity contribution >= 4 is 18.3 Å². The van der Waals surface area contributed by atoms with Gasteiger partial charge in [0.1, 0.15) is 13.2 Å². The Balaban J connectivity index is 0.00000220. The molecule has 0 bridgehead atoms. The molecule has 0 fully saturated rings. The molecule has 0 aromatic heterocycles. The van der Waals surface area contributed by atoms with Gasteiger partial charge in [-0.2, -0.15) is 0 Å². The Morgan fingerprint density at radius 2 is 1.95 bits per heavy atom. The van der Waals surface area contributed by atoms with Gasteiger partial charge in [-0.1, -0.05) is 6.07 Å². The molecule has 1 aliphatic rings. The number of fused-ring (bicyclic) bond motifs is 1. The van der Waals surface area contributed by atoms with Gasteiger partial charge in [-0.25, -0.2) is 0 Å². The van der Waals surface area contributed by atoms with E-state index in [1.54, 1.807) is 0 Å². The van der Waals surface area contributed by atoms with Crippen LogP contribution in [0.15, 0.2) is 18.2 Å². The number of carbonyl (C=O) groups is 1. The molecule has 118 valence electrons. The molecule has 0 unspecified atom stereocenters. The Bertz CT molecular complexity index is 455. The monoisotopic (exact) mass is 314 g/mol. The molecule has 0 spiro atoms. The molecule has 2 N–H and O–H groups in total. The quantitative estimate of drug-likeness (QED) is 0.750. The third-order valence-electron chi connectivity index (χ3n) is 3.17. The lowest BCUT2D eigenvalue weighted by molar-refractivity contribution is -0.121. The number of nitrogens with one attached hydrogen (secondary N) is 2. The number of rotatable bonds is 7. The molecule has 0 atom stereocenters. The van der Waals surface area contributed by atoms with Gasteiger partial charge < -0.3 is 20.1 Å². The van der Waals surface area contributed by atoms with E-state index in [1.807, 2.05) is 25.2 Å². The molecular formula is C15H23ClN2O3. The van der Waals surface area contributed by atoms with Crippen molar-refractivity contribution in [2.45, 2.75) is 19.3 Å². The Kier molecular flexibility index (Phi) is 7.93. The predicted molar refractivity (Wildman–Crippen MR) is 84.6 cm³/mol. The highest BCUT2D eigenvalue weighted by molar-refractivity contribution is 5.85. The highest BCUT2D eigenvalue weighted by Gasteiger charge is 2.11. The van der Waals surface area contributed by atoms with Gasteiger partial charge in [0, 0.05) is 13.0 Å². The predicted octanol–water partition coefficient (Wildman–Crippen LogP) is 1.54. The van der Waals surface area contributed by atoms with Crippen LogP contribution >= 0.6 is 12.4 Å². The second-order valence-corrected chi connectivity index (χ2v) is 4.79. The van der Waals surface area contributed by atoms with E-state index >= 15 is 0 Å². The van der Waals surface area contributed by atoms with Crippen LogP contribution in [0.4, 0.5) is 0 Å². The zero-order valence-corrected chi connectivity index (χ0v) is 13.1. The molecule has 1 heterocycles. The summed E-state index contributed by atoms with van der Waals surface area (Å²) in [4.78, 5) is 11.6. The zero-order valence-electron chi connectivity index (χ0n) is 12.3. The van der Waals surface area contributed by atoms with Gasteiger partial charge in [0.25, 0.3) is 0 Å². The van der Waals surface area contributed by atoms with Gasteiger partial charge in [-0.3, -0.25) is 4.79 Å². The van der Waals surface area contributed by atoms with Gasteiger partial charge in [-0.15, -0.1) is 12.4 Å².